The molecule has 0 aliphatic heterocycles. The molecular formula is C19H34N4O3. The lowest BCUT2D eigenvalue weighted by atomic mass is 10.1. The molecule has 1 aromatic rings. The van der Waals surface area contributed by atoms with Gasteiger partial charge in [-0.2, -0.15) is 0 Å². The van der Waals surface area contributed by atoms with Crippen LogP contribution in [0.25, 0.3) is 0 Å². The molecule has 2 N–H and O–H groups in total. The van der Waals surface area contributed by atoms with Gasteiger partial charge < -0.3 is 29.7 Å². The summed E-state index contributed by atoms with van der Waals surface area (Å²) in [5, 5.41) is 6.71. The van der Waals surface area contributed by atoms with Gasteiger partial charge in [0.1, 0.15) is 5.75 Å². The summed E-state index contributed by atoms with van der Waals surface area (Å²) in [5.74, 6) is 1.66. The van der Waals surface area contributed by atoms with Crippen LogP contribution in [-0.4, -0.2) is 79.1 Å². The van der Waals surface area contributed by atoms with E-state index in [-0.39, 0.29) is 6.04 Å². The van der Waals surface area contributed by atoms with Crippen LogP contribution in [0.2, 0.25) is 0 Å². The molecule has 148 valence electrons. The molecule has 0 heterocycles. The van der Waals surface area contributed by atoms with Crippen molar-refractivity contribution in [3.05, 3.63) is 29.8 Å². The third kappa shape index (κ3) is 8.51. The second-order valence-corrected chi connectivity index (χ2v) is 6.09. The lowest BCUT2D eigenvalue weighted by Crippen LogP contribution is -2.42. The predicted octanol–water partition coefficient (Wildman–Crippen LogP) is 1.52. The Kier molecular flexibility index (Phi) is 11.4. The quantitative estimate of drug-likeness (QED) is 0.332. The zero-order valence-corrected chi connectivity index (χ0v) is 16.7. The average Bonchev–Trinajstić information content (AvgIpc) is 2.66. The van der Waals surface area contributed by atoms with Gasteiger partial charge in [-0.15, -0.1) is 0 Å². The molecule has 7 heteroatoms. The Morgan fingerprint density at radius 1 is 1.08 bits per heavy atom. The summed E-state index contributed by atoms with van der Waals surface area (Å²) >= 11 is 0. The molecule has 0 spiro atoms. The summed E-state index contributed by atoms with van der Waals surface area (Å²) in [7, 11) is 9.28. The number of guanidine groups is 1. The number of likely N-dealkylation sites (N-methyl/N-ethyl adjacent to an activating group) is 1. The van der Waals surface area contributed by atoms with E-state index in [2.05, 4.69) is 46.8 Å². The summed E-state index contributed by atoms with van der Waals surface area (Å²) < 4.78 is 15.6. The van der Waals surface area contributed by atoms with Gasteiger partial charge in [-0.1, -0.05) is 12.1 Å². The number of nitrogens with zero attached hydrogens (tertiary/aromatic N) is 2. The zero-order chi connectivity index (χ0) is 19.2. The minimum Gasteiger partial charge on any atom is -0.497 e. The molecule has 7 nitrogen and oxygen atoms in total. The topological polar surface area (TPSA) is 67.4 Å². The van der Waals surface area contributed by atoms with Crippen molar-refractivity contribution >= 4 is 5.96 Å². The van der Waals surface area contributed by atoms with Crippen LogP contribution in [0, 0.1) is 0 Å². The van der Waals surface area contributed by atoms with Crippen molar-refractivity contribution in [2.75, 3.05) is 68.3 Å². The fraction of sp³-hybridized carbons (Fsp3) is 0.632. The third-order valence-electron chi connectivity index (χ3n) is 4.00. The van der Waals surface area contributed by atoms with Crippen molar-refractivity contribution in [1.29, 1.82) is 0 Å². The van der Waals surface area contributed by atoms with Crippen molar-refractivity contribution in [3.8, 4) is 5.75 Å². The maximum Gasteiger partial charge on any atom is 0.191 e. The van der Waals surface area contributed by atoms with Crippen LogP contribution >= 0.6 is 0 Å². The number of hydrogen-bond acceptors (Lipinski definition) is 5. The molecule has 1 aromatic carbocycles. The van der Waals surface area contributed by atoms with Crippen LogP contribution < -0.4 is 15.4 Å². The first-order valence-corrected chi connectivity index (χ1v) is 8.94. The normalized spacial score (nSPS) is 12.9. The third-order valence-corrected chi connectivity index (χ3v) is 4.00. The molecule has 1 unspecified atom stereocenters. The first kappa shape index (κ1) is 22.2. The van der Waals surface area contributed by atoms with Crippen molar-refractivity contribution in [2.24, 2.45) is 4.99 Å². The highest BCUT2D eigenvalue weighted by Crippen LogP contribution is 2.20. The summed E-state index contributed by atoms with van der Waals surface area (Å²) in [6.07, 6.45) is 0.917. The molecule has 0 radical (unpaired) electrons. The van der Waals surface area contributed by atoms with Crippen molar-refractivity contribution < 1.29 is 14.2 Å². The van der Waals surface area contributed by atoms with Crippen LogP contribution in [-0.2, 0) is 9.47 Å². The lowest BCUT2D eigenvalue weighted by Gasteiger charge is -2.26. The molecule has 0 saturated heterocycles. The van der Waals surface area contributed by atoms with Gasteiger partial charge in [0.05, 0.1) is 26.4 Å². The van der Waals surface area contributed by atoms with Gasteiger partial charge in [0.25, 0.3) is 0 Å². The van der Waals surface area contributed by atoms with Gasteiger partial charge in [0.2, 0.25) is 0 Å². The van der Waals surface area contributed by atoms with Crippen LogP contribution in [0.15, 0.2) is 29.3 Å². The molecule has 0 aromatic heterocycles. The Morgan fingerprint density at radius 2 is 1.81 bits per heavy atom. The van der Waals surface area contributed by atoms with Gasteiger partial charge in [-0.3, -0.25) is 4.99 Å². The van der Waals surface area contributed by atoms with Gasteiger partial charge in [-0.05, 0) is 38.2 Å². The molecule has 26 heavy (non-hydrogen) atoms. The number of hydrogen-bond donors (Lipinski definition) is 2. The summed E-state index contributed by atoms with van der Waals surface area (Å²) in [6, 6.07) is 8.40. The minimum atomic E-state index is 0.233. The maximum absolute atomic E-state index is 5.45. The minimum absolute atomic E-state index is 0.233. The monoisotopic (exact) mass is 366 g/mol. The molecular weight excluding hydrogens is 332 g/mol. The second kappa shape index (κ2) is 13.4. The van der Waals surface area contributed by atoms with Gasteiger partial charge in [-0.25, -0.2) is 0 Å². The highest BCUT2D eigenvalue weighted by molar-refractivity contribution is 5.79. The Morgan fingerprint density at radius 3 is 2.38 bits per heavy atom. The van der Waals surface area contributed by atoms with Crippen LogP contribution in [0.1, 0.15) is 18.0 Å². The van der Waals surface area contributed by atoms with E-state index in [0.717, 1.165) is 31.2 Å². The van der Waals surface area contributed by atoms with E-state index in [4.69, 9.17) is 14.2 Å². The van der Waals surface area contributed by atoms with E-state index >= 15 is 0 Å². The number of benzene rings is 1. The lowest BCUT2D eigenvalue weighted by molar-refractivity contribution is 0.0698. The molecule has 0 aliphatic rings. The van der Waals surface area contributed by atoms with Gasteiger partial charge in [0.15, 0.2) is 5.96 Å². The number of rotatable bonds is 12. The van der Waals surface area contributed by atoms with E-state index in [1.807, 2.05) is 12.1 Å². The molecule has 1 atom stereocenters. The Hall–Kier alpha value is -1.83. The maximum atomic E-state index is 5.45. The van der Waals surface area contributed by atoms with Gasteiger partial charge in [0, 0.05) is 33.9 Å². The Labute approximate surface area is 157 Å². The van der Waals surface area contributed by atoms with E-state index in [9.17, 15) is 0 Å². The number of nitrogens with one attached hydrogen (secondary N) is 2. The Balaban J connectivity index is 2.40. The number of methoxy groups -OCH3 is 2. The fourth-order valence-electron chi connectivity index (χ4n) is 2.46. The second-order valence-electron chi connectivity index (χ2n) is 6.09. The summed E-state index contributed by atoms with van der Waals surface area (Å²) in [5.41, 5.74) is 1.23. The molecule has 0 bridgehead atoms. The van der Waals surface area contributed by atoms with Crippen LogP contribution in [0.3, 0.4) is 0 Å². The van der Waals surface area contributed by atoms with Crippen LogP contribution in [0.4, 0.5) is 0 Å². The average molecular weight is 367 g/mol. The highest BCUT2D eigenvalue weighted by Gasteiger charge is 2.14. The van der Waals surface area contributed by atoms with Gasteiger partial charge >= 0.3 is 0 Å². The summed E-state index contributed by atoms with van der Waals surface area (Å²) in [6.45, 7) is 3.54. The molecule has 0 amide bonds. The highest BCUT2D eigenvalue weighted by atomic mass is 16.5. The molecule has 0 aliphatic carbocycles. The largest absolute Gasteiger partial charge is 0.497 e. The molecule has 0 saturated carbocycles. The van der Waals surface area contributed by atoms with Crippen LogP contribution in [0.5, 0.6) is 5.75 Å². The summed E-state index contributed by atoms with van der Waals surface area (Å²) in [4.78, 5) is 6.47. The first-order valence-electron chi connectivity index (χ1n) is 8.94. The molecule has 0 fully saturated rings. The van der Waals surface area contributed by atoms with Crippen molar-refractivity contribution in [1.82, 2.24) is 15.5 Å². The van der Waals surface area contributed by atoms with E-state index in [0.29, 0.717) is 19.8 Å². The fourth-order valence-corrected chi connectivity index (χ4v) is 2.46. The predicted molar refractivity (Wildman–Crippen MR) is 106 cm³/mol. The van der Waals surface area contributed by atoms with E-state index in [1.165, 1.54) is 5.56 Å². The number of aliphatic imine (C=N–C) groups is 1. The van der Waals surface area contributed by atoms with Crippen molar-refractivity contribution in [3.63, 3.8) is 0 Å². The first-order chi connectivity index (χ1) is 12.6. The van der Waals surface area contributed by atoms with Crippen molar-refractivity contribution in [2.45, 2.75) is 12.5 Å². The zero-order valence-electron chi connectivity index (χ0n) is 16.7. The molecule has 1 rings (SSSR count). The Bertz CT molecular complexity index is 506. The van der Waals surface area contributed by atoms with E-state index in [1.54, 1.807) is 21.3 Å². The smallest absolute Gasteiger partial charge is 0.191 e. The number of ether oxygens (including phenoxy) is 3. The SMILES string of the molecule is CN=C(NCCCOCCOC)NCC(c1ccc(OC)cc1)N(C)C. The standard InChI is InChI=1S/C19H34N4O3/c1-20-19(21-11-6-12-26-14-13-24-4)22-15-18(23(2)3)16-7-9-17(25-5)10-8-16/h7-10,18H,6,11-15H2,1-5H3,(H2,20,21,22). The van der Waals surface area contributed by atoms with E-state index < -0.39 is 0 Å².